The number of nitrogens with one attached hydrogen (secondary N) is 2. The third-order valence-electron chi connectivity index (χ3n) is 3.69. The quantitative estimate of drug-likeness (QED) is 0.892. The zero-order chi connectivity index (χ0) is 16.4. The number of rotatable bonds is 4. The second-order valence-electron chi connectivity index (χ2n) is 5.53. The molecule has 1 aromatic carbocycles. The Labute approximate surface area is 135 Å². The third kappa shape index (κ3) is 3.75. The lowest BCUT2D eigenvalue weighted by Crippen LogP contribution is -2.21. The van der Waals surface area contributed by atoms with E-state index in [0.29, 0.717) is 18.7 Å². The Balaban J connectivity index is 1.94. The normalized spacial score (nSPS) is 14.2. The number of sulfonamides is 1. The molecule has 0 saturated carbocycles. The van der Waals surface area contributed by atoms with E-state index in [1.54, 1.807) is 6.20 Å². The second-order valence-corrected chi connectivity index (χ2v) is 7.36. The highest BCUT2D eigenvalue weighted by Crippen LogP contribution is 2.31. The van der Waals surface area contributed by atoms with E-state index in [4.69, 9.17) is 0 Å². The number of carbonyl (C=O) groups is 1. The van der Waals surface area contributed by atoms with Gasteiger partial charge in [0, 0.05) is 24.7 Å². The van der Waals surface area contributed by atoms with Gasteiger partial charge in [0.25, 0.3) is 0 Å². The average Bonchev–Trinajstić information content (AvgIpc) is 2.52. The summed E-state index contributed by atoms with van der Waals surface area (Å²) >= 11 is 0. The van der Waals surface area contributed by atoms with Crippen molar-refractivity contribution in [3.63, 3.8) is 0 Å². The van der Waals surface area contributed by atoms with E-state index in [-0.39, 0.29) is 12.5 Å². The van der Waals surface area contributed by atoms with Crippen LogP contribution in [0.5, 0.6) is 0 Å². The minimum Gasteiger partial charge on any atom is -0.310 e. The van der Waals surface area contributed by atoms with Crippen LogP contribution in [0.3, 0.4) is 0 Å². The molecule has 6 nitrogen and oxygen atoms in total. The van der Waals surface area contributed by atoms with E-state index in [0.717, 1.165) is 28.5 Å². The molecule has 0 unspecified atom stereocenters. The van der Waals surface area contributed by atoms with Crippen molar-refractivity contribution in [2.75, 3.05) is 11.6 Å². The molecule has 0 bridgehead atoms. The number of carbonyl (C=O) groups excluding carboxylic acids is 1. The van der Waals surface area contributed by atoms with Crippen LogP contribution in [0, 0.1) is 0 Å². The van der Waals surface area contributed by atoms with Crippen LogP contribution in [0.2, 0.25) is 0 Å². The fraction of sp³-hybridized carbons (Fsp3) is 0.250. The van der Waals surface area contributed by atoms with E-state index in [9.17, 15) is 13.2 Å². The highest BCUT2D eigenvalue weighted by molar-refractivity contribution is 7.88. The van der Waals surface area contributed by atoms with Gasteiger partial charge in [0.15, 0.2) is 0 Å². The molecule has 1 aliphatic heterocycles. The van der Waals surface area contributed by atoms with Crippen LogP contribution >= 0.6 is 0 Å². The van der Waals surface area contributed by atoms with Crippen LogP contribution in [0.15, 0.2) is 36.5 Å². The number of fused-ring (bicyclic) bond motifs is 1. The molecule has 2 heterocycles. The summed E-state index contributed by atoms with van der Waals surface area (Å²) in [6.45, 7) is 0.247. The van der Waals surface area contributed by atoms with E-state index < -0.39 is 10.0 Å². The Morgan fingerprint density at radius 2 is 2.09 bits per heavy atom. The lowest BCUT2D eigenvalue weighted by molar-refractivity contribution is -0.116. The molecule has 1 aromatic heterocycles. The maximum absolute atomic E-state index is 11.5. The minimum atomic E-state index is -3.23. The number of benzene rings is 1. The molecule has 1 aliphatic rings. The molecule has 7 heteroatoms. The molecule has 0 aliphatic carbocycles. The van der Waals surface area contributed by atoms with E-state index in [2.05, 4.69) is 15.0 Å². The number of hydrogen-bond donors (Lipinski definition) is 2. The van der Waals surface area contributed by atoms with Gasteiger partial charge in [0.2, 0.25) is 15.9 Å². The van der Waals surface area contributed by atoms with Crippen molar-refractivity contribution in [3.8, 4) is 11.1 Å². The van der Waals surface area contributed by atoms with Gasteiger partial charge in [0.1, 0.15) is 5.82 Å². The SMILES string of the molecule is CS(=O)(=O)NCc1cccc(-c2ccnc3c2CCC(=O)N3)c1. The van der Waals surface area contributed by atoms with Crippen molar-refractivity contribution in [1.82, 2.24) is 9.71 Å². The summed E-state index contributed by atoms with van der Waals surface area (Å²) in [5.74, 6) is 0.590. The second kappa shape index (κ2) is 6.10. The van der Waals surface area contributed by atoms with Crippen molar-refractivity contribution in [2.45, 2.75) is 19.4 Å². The van der Waals surface area contributed by atoms with Crippen LogP contribution in [-0.4, -0.2) is 25.6 Å². The molecule has 0 spiro atoms. The summed E-state index contributed by atoms with van der Waals surface area (Å²) in [4.78, 5) is 15.7. The summed E-state index contributed by atoms with van der Waals surface area (Å²) in [6, 6.07) is 9.60. The Bertz CT molecular complexity index is 863. The summed E-state index contributed by atoms with van der Waals surface area (Å²) < 4.78 is 24.9. The summed E-state index contributed by atoms with van der Waals surface area (Å²) in [7, 11) is -3.23. The molecule has 2 aromatic rings. The molecule has 0 fully saturated rings. The highest BCUT2D eigenvalue weighted by Gasteiger charge is 2.19. The summed E-state index contributed by atoms with van der Waals surface area (Å²) in [6.07, 6.45) is 3.90. The van der Waals surface area contributed by atoms with Crippen LogP contribution in [0.25, 0.3) is 11.1 Å². The van der Waals surface area contributed by atoms with Gasteiger partial charge in [0.05, 0.1) is 6.26 Å². The van der Waals surface area contributed by atoms with Crippen LogP contribution < -0.4 is 10.0 Å². The van der Waals surface area contributed by atoms with Crippen molar-refractivity contribution in [2.24, 2.45) is 0 Å². The largest absolute Gasteiger partial charge is 0.310 e. The van der Waals surface area contributed by atoms with Crippen LogP contribution in [0.4, 0.5) is 5.82 Å². The van der Waals surface area contributed by atoms with Gasteiger partial charge < -0.3 is 5.32 Å². The van der Waals surface area contributed by atoms with Gasteiger partial charge in [-0.1, -0.05) is 18.2 Å². The number of anilines is 1. The lowest BCUT2D eigenvalue weighted by atomic mass is 9.94. The summed E-state index contributed by atoms with van der Waals surface area (Å²) in [5.41, 5.74) is 3.88. The first kappa shape index (κ1) is 15.6. The zero-order valence-corrected chi connectivity index (χ0v) is 13.5. The van der Waals surface area contributed by atoms with Gasteiger partial charge in [-0.3, -0.25) is 4.79 Å². The van der Waals surface area contributed by atoms with Gasteiger partial charge in [-0.2, -0.15) is 0 Å². The lowest BCUT2D eigenvalue weighted by Gasteiger charge is -2.19. The third-order valence-corrected chi connectivity index (χ3v) is 4.36. The Morgan fingerprint density at radius 1 is 1.26 bits per heavy atom. The van der Waals surface area contributed by atoms with Gasteiger partial charge in [-0.15, -0.1) is 0 Å². The topological polar surface area (TPSA) is 88.2 Å². The van der Waals surface area contributed by atoms with Gasteiger partial charge >= 0.3 is 0 Å². The standard InChI is InChI=1S/C16H17N3O3S/c1-23(21,22)18-10-11-3-2-4-12(9-11)13-7-8-17-16-14(13)5-6-15(20)19-16/h2-4,7-9,18H,5-6,10H2,1H3,(H,17,19,20). The van der Waals surface area contributed by atoms with E-state index in [1.165, 1.54) is 0 Å². The van der Waals surface area contributed by atoms with Crippen molar-refractivity contribution >= 4 is 21.7 Å². The molecule has 2 N–H and O–H groups in total. The molecule has 0 radical (unpaired) electrons. The molecule has 3 rings (SSSR count). The molecule has 0 atom stereocenters. The smallest absolute Gasteiger partial charge is 0.225 e. The zero-order valence-electron chi connectivity index (χ0n) is 12.7. The predicted octanol–water partition coefficient (Wildman–Crippen LogP) is 1.68. The number of hydrogen-bond acceptors (Lipinski definition) is 4. The molecule has 1 amide bonds. The first-order valence-corrected chi connectivity index (χ1v) is 9.13. The number of pyridine rings is 1. The predicted molar refractivity (Wildman–Crippen MR) is 88.3 cm³/mol. The van der Waals surface area contributed by atoms with Crippen LogP contribution in [0.1, 0.15) is 17.5 Å². The Kier molecular flexibility index (Phi) is 4.14. The maximum Gasteiger partial charge on any atom is 0.225 e. The molecular weight excluding hydrogens is 314 g/mol. The fourth-order valence-corrected chi connectivity index (χ4v) is 3.05. The van der Waals surface area contributed by atoms with Gasteiger partial charge in [-0.05, 0) is 35.2 Å². The molecular formula is C16H17N3O3S. The Hall–Kier alpha value is -2.25. The maximum atomic E-state index is 11.5. The number of nitrogens with zero attached hydrogens (tertiary/aromatic N) is 1. The first-order valence-electron chi connectivity index (χ1n) is 7.24. The van der Waals surface area contributed by atoms with Crippen LogP contribution in [-0.2, 0) is 27.8 Å². The van der Waals surface area contributed by atoms with E-state index >= 15 is 0 Å². The number of amides is 1. The average molecular weight is 331 g/mol. The number of aromatic nitrogens is 1. The fourth-order valence-electron chi connectivity index (χ4n) is 2.62. The van der Waals surface area contributed by atoms with Crippen molar-refractivity contribution < 1.29 is 13.2 Å². The van der Waals surface area contributed by atoms with E-state index in [1.807, 2.05) is 30.3 Å². The monoisotopic (exact) mass is 331 g/mol. The summed E-state index contributed by atoms with van der Waals surface area (Å²) in [5, 5.41) is 2.79. The Morgan fingerprint density at radius 3 is 2.87 bits per heavy atom. The van der Waals surface area contributed by atoms with Crippen molar-refractivity contribution in [3.05, 3.63) is 47.7 Å². The minimum absolute atomic E-state index is 0.0201. The van der Waals surface area contributed by atoms with Gasteiger partial charge in [-0.25, -0.2) is 18.1 Å². The highest BCUT2D eigenvalue weighted by atomic mass is 32.2. The molecule has 120 valence electrons. The molecule has 23 heavy (non-hydrogen) atoms. The first-order chi connectivity index (χ1) is 10.9. The molecule has 0 saturated heterocycles. The van der Waals surface area contributed by atoms with Crippen molar-refractivity contribution in [1.29, 1.82) is 0 Å².